The van der Waals surface area contributed by atoms with E-state index in [-0.39, 0.29) is 22.4 Å². The Bertz CT molecular complexity index is 880. The first kappa shape index (κ1) is 17.0. The molecule has 2 aliphatic rings. The molecule has 2 aliphatic heterocycles. The Morgan fingerprint density at radius 1 is 1.27 bits per heavy atom. The van der Waals surface area contributed by atoms with E-state index in [4.69, 9.17) is 10.5 Å². The number of benzene rings is 1. The molecule has 1 aromatic carbocycles. The van der Waals surface area contributed by atoms with Crippen molar-refractivity contribution in [3.63, 3.8) is 0 Å². The Morgan fingerprint density at radius 2 is 2.04 bits per heavy atom. The van der Waals surface area contributed by atoms with E-state index in [1.807, 2.05) is 0 Å². The Hall–Kier alpha value is -2.41. The second kappa shape index (κ2) is 6.39. The normalized spacial score (nSPS) is 19.2. The van der Waals surface area contributed by atoms with Crippen LogP contribution in [0.2, 0.25) is 0 Å². The molecule has 2 N–H and O–H groups in total. The van der Waals surface area contributed by atoms with E-state index < -0.39 is 5.82 Å². The number of piperidine rings is 1. The fraction of sp³-hybridized carbons (Fsp3) is 0.474. The second-order valence-corrected chi connectivity index (χ2v) is 7.34. The van der Waals surface area contributed by atoms with Crippen molar-refractivity contribution in [1.29, 1.82) is 0 Å². The highest BCUT2D eigenvalue weighted by molar-refractivity contribution is 5.73. The highest BCUT2D eigenvalue weighted by atomic mass is 19.1. The van der Waals surface area contributed by atoms with Crippen LogP contribution in [0.15, 0.2) is 29.1 Å². The Kier molecular flexibility index (Phi) is 4.19. The third-order valence-electron chi connectivity index (χ3n) is 5.70. The van der Waals surface area contributed by atoms with Gasteiger partial charge in [-0.25, -0.2) is 4.39 Å². The number of hydrogen-bond acceptors (Lipinski definition) is 5. The zero-order chi connectivity index (χ0) is 18.3. The summed E-state index contributed by atoms with van der Waals surface area (Å²) < 4.78 is 20.6. The minimum absolute atomic E-state index is 0.137. The van der Waals surface area contributed by atoms with Crippen LogP contribution in [0.1, 0.15) is 19.3 Å². The van der Waals surface area contributed by atoms with Gasteiger partial charge in [-0.2, -0.15) is 4.98 Å². The number of halogens is 1. The van der Waals surface area contributed by atoms with Gasteiger partial charge in [-0.05, 0) is 42.4 Å². The number of nitrogens with zero attached hydrogens (tertiary/aromatic N) is 3. The molecular weight excluding hydrogens is 335 g/mol. The van der Waals surface area contributed by atoms with Crippen LogP contribution in [0.4, 0.5) is 16.2 Å². The number of aromatic nitrogens is 2. The fourth-order valence-corrected chi connectivity index (χ4v) is 4.03. The van der Waals surface area contributed by atoms with Gasteiger partial charge in [0.1, 0.15) is 11.6 Å². The first-order valence-electron chi connectivity index (χ1n) is 8.94. The van der Waals surface area contributed by atoms with E-state index in [1.54, 1.807) is 19.2 Å². The maximum Gasteiger partial charge on any atom is 0.264 e. The monoisotopic (exact) mass is 358 g/mol. The van der Waals surface area contributed by atoms with Crippen LogP contribution in [0.5, 0.6) is 0 Å². The molecule has 0 atom stereocenters. The molecule has 0 unspecified atom stereocenters. The number of ether oxygens (including phenoxy) is 1. The molecule has 6 nitrogen and oxygen atoms in total. The average Bonchev–Trinajstić information content (AvgIpc) is 3.07. The van der Waals surface area contributed by atoms with Gasteiger partial charge in [-0.1, -0.05) is 12.1 Å². The van der Waals surface area contributed by atoms with Crippen molar-refractivity contribution in [3.05, 3.63) is 40.4 Å². The van der Waals surface area contributed by atoms with E-state index in [0.29, 0.717) is 11.5 Å². The highest BCUT2D eigenvalue weighted by Gasteiger charge is 2.38. The lowest BCUT2D eigenvalue weighted by Crippen LogP contribution is -2.43. The molecule has 2 saturated heterocycles. The summed E-state index contributed by atoms with van der Waals surface area (Å²) in [5.74, 6) is 0.299. The van der Waals surface area contributed by atoms with Crippen LogP contribution >= 0.6 is 0 Å². The molecule has 0 aliphatic carbocycles. The molecule has 26 heavy (non-hydrogen) atoms. The summed E-state index contributed by atoms with van der Waals surface area (Å²) in [6, 6.07) is 5.87. The van der Waals surface area contributed by atoms with Crippen LogP contribution < -0.4 is 16.2 Å². The lowest BCUT2D eigenvalue weighted by atomic mass is 9.78. The molecule has 0 bridgehead atoms. The van der Waals surface area contributed by atoms with Crippen LogP contribution in [-0.2, 0) is 11.8 Å². The predicted octanol–water partition coefficient (Wildman–Crippen LogP) is 2.18. The number of nitrogen functional groups attached to an aromatic ring is 1. The van der Waals surface area contributed by atoms with Crippen molar-refractivity contribution in [2.45, 2.75) is 19.3 Å². The molecular formula is C19H23FN4O2. The molecule has 1 spiro atoms. The van der Waals surface area contributed by atoms with Crippen LogP contribution in [0.3, 0.4) is 0 Å². The molecule has 2 fully saturated rings. The lowest BCUT2D eigenvalue weighted by molar-refractivity contribution is 0.133. The van der Waals surface area contributed by atoms with Crippen molar-refractivity contribution in [3.8, 4) is 11.1 Å². The molecule has 0 radical (unpaired) electrons. The summed E-state index contributed by atoms with van der Waals surface area (Å²) in [6.07, 6.45) is 3.15. The van der Waals surface area contributed by atoms with E-state index >= 15 is 0 Å². The minimum Gasteiger partial charge on any atom is -0.383 e. The summed E-state index contributed by atoms with van der Waals surface area (Å²) in [4.78, 5) is 19.5. The van der Waals surface area contributed by atoms with Gasteiger partial charge in [0.15, 0.2) is 0 Å². The van der Waals surface area contributed by atoms with Crippen molar-refractivity contribution < 1.29 is 9.13 Å². The van der Waals surface area contributed by atoms with E-state index in [2.05, 4.69) is 9.88 Å². The van der Waals surface area contributed by atoms with Crippen molar-refractivity contribution in [1.82, 2.24) is 9.55 Å². The maximum absolute atomic E-state index is 13.5. The van der Waals surface area contributed by atoms with Gasteiger partial charge in [0.05, 0.1) is 12.2 Å². The Balaban J connectivity index is 1.66. The second-order valence-electron chi connectivity index (χ2n) is 7.34. The highest BCUT2D eigenvalue weighted by Crippen LogP contribution is 2.39. The Labute approximate surface area is 151 Å². The molecule has 7 heteroatoms. The zero-order valence-electron chi connectivity index (χ0n) is 14.9. The molecule has 1 aromatic heterocycles. The first-order chi connectivity index (χ1) is 12.5. The summed E-state index contributed by atoms with van der Waals surface area (Å²) in [5.41, 5.74) is 6.81. The topological polar surface area (TPSA) is 73.4 Å². The van der Waals surface area contributed by atoms with Gasteiger partial charge >= 0.3 is 0 Å². The maximum atomic E-state index is 13.5. The summed E-state index contributed by atoms with van der Waals surface area (Å²) >= 11 is 0. The van der Waals surface area contributed by atoms with Gasteiger partial charge in [-0.15, -0.1) is 0 Å². The number of anilines is 2. The zero-order valence-corrected chi connectivity index (χ0v) is 14.9. The van der Waals surface area contributed by atoms with Gasteiger partial charge in [-0.3, -0.25) is 9.36 Å². The molecule has 0 amide bonds. The molecule has 4 rings (SSSR count). The van der Waals surface area contributed by atoms with Gasteiger partial charge in [0.2, 0.25) is 5.95 Å². The van der Waals surface area contributed by atoms with E-state index in [1.165, 1.54) is 16.7 Å². The van der Waals surface area contributed by atoms with Crippen LogP contribution in [0.25, 0.3) is 11.1 Å². The minimum atomic E-state index is -0.409. The fourth-order valence-electron chi connectivity index (χ4n) is 4.03. The largest absolute Gasteiger partial charge is 0.383 e. The smallest absolute Gasteiger partial charge is 0.264 e. The third-order valence-corrected chi connectivity index (χ3v) is 5.70. The molecule has 3 heterocycles. The van der Waals surface area contributed by atoms with Gasteiger partial charge in [0.25, 0.3) is 5.56 Å². The van der Waals surface area contributed by atoms with Crippen LogP contribution in [-0.4, -0.2) is 35.9 Å². The van der Waals surface area contributed by atoms with E-state index in [0.717, 1.165) is 45.6 Å². The van der Waals surface area contributed by atoms with Crippen molar-refractivity contribution in [2.24, 2.45) is 12.5 Å². The lowest BCUT2D eigenvalue weighted by Gasteiger charge is -2.39. The van der Waals surface area contributed by atoms with Gasteiger partial charge in [0, 0.05) is 26.7 Å². The summed E-state index contributed by atoms with van der Waals surface area (Å²) in [7, 11) is 1.69. The number of nitrogens with two attached hydrogens (primary N) is 1. The molecule has 0 saturated carbocycles. The SMILES string of the molecule is Cn1c(N2CCC3(CCOC3)CC2)nc(N)c(-c2cccc(F)c2)c1=O. The quantitative estimate of drug-likeness (QED) is 0.891. The average molecular weight is 358 g/mol. The summed E-state index contributed by atoms with van der Waals surface area (Å²) in [5, 5.41) is 0. The summed E-state index contributed by atoms with van der Waals surface area (Å²) in [6.45, 7) is 3.31. The number of rotatable bonds is 2. The van der Waals surface area contributed by atoms with Crippen molar-refractivity contribution >= 4 is 11.8 Å². The third kappa shape index (κ3) is 2.86. The predicted molar refractivity (Wildman–Crippen MR) is 98.6 cm³/mol. The first-order valence-corrected chi connectivity index (χ1v) is 8.94. The standard InChI is InChI=1S/C19H23FN4O2/c1-23-17(25)15(13-3-2-4-14(20)11-13)16(21)22-18(23)24-8-5-19(6-9-24)7-10-26-12-19/h2-4,11H,5-10,12,21H2,1H3. The number of hydrogen-bond donors (Lipinski definition) is 1. The van der Waals surface area contributed by atoms with Crippen LogP contribution in [0, 0.1) is 11.2 Å². The van der Waals surface area contributed by atoms with E-state index in [9.17, 15) is 9.18 Å². The Morgan fingerprint density at radius 3 is 2.69 bits per heavy atom. The van der Waals surface area contributed by atoms with Gasteiger partial charge < -0.3 is 15.4 Å². The molecule has 2 aromatic rings. The molecule has 138 valence electrons. The van der Waals surface area contributed by atoms with Crippen molar-refractivity contribution in [2.75, 3.05) is 36.9 Å².